The molecule has 0 saturated heterocycles. The van der Waals surface area contributed by atoms with Gasteiger partial charge in [0.2, 0.25) is 0 Å². The molecule has 0 spiro atoms. The number of ether oxygens (including phenoxy) is 2. The van der Waals surface area contributed by atoms with Crippen LogP contribution in [-0.4, -0.2) is 25.2 Å². The standard InChI is InChI=1S/C5H10O2.C3H6O2/c1-4(2)7-5(3)6;1-2-5-3-4/h4H,1-3H3;3H,2H2,1H3. The Balaban J connectivity index is 0. The van der Waals surface area contributed by atoms with Crippen LogP contribution in [0.1, 0.15) is 27.7 Å². The van der Waals surface area contributed by atoms with Crippen LogP contribution in [0.25, 0.3) is 0 Å². The molecule has 0 aromatic rings. The van der Waals surface area contributed by atoms with Crippen LogP contribution < -0.4 is 0 Å². The lowest BCUT2D eigenvalue weighted by Crippen LogP contribution is -2.06. The van der Waals surface area contributed by atoms with E-state index in [4.69, 9.17) is 0 Å². The van der Waals surface area contributed by atoms with Crippen LogP contribution in [0.4, 0.5) is 0 Å². The molecule has 0 aromatic heterocycles. The molecule has 0 aliphatic heterocycles. The molecule has 0 aliphatic carbocycles. The Labute approximate surface area is 72.8 Å². The molecule has 12 heavy (non-hydrogen) atoms. The summed E-state index contributed by atoms with van der Waals surface area (Å²) in [6.45, 7) is 7.71. The first-order chi connectivity index (χ1) is 5.54. The molecule has 0 aliphatic rings. The van der Waals surface area contributed by atoms with Crippen molar-refractivity contribution in [2.45, 2.75) is 33.8 Å². The second kappa shape index (κ2) is 9.94. The van der Waals surface area contributed by atoms with Crippen molar-refractivity contribution >= 4 is 12.4 Å². The lowest BCUT2D eigenvalue weighted by atomic mass is 10.5. The van der Waals surface area contributed by atoms with Gasteiger partial charge in [0.05, 0.1) is 12.7 Å². The molecule has 0 aromatic carbocycles. The van der Waals surface area contributed by atoms with E-state index in [9.17, 15) is 9.59 Å². The topological polar surface area (TPSA) is 52.6 Å². The molecular formula is C8H16O4. The van der Waals surface area contributed by atoms with Gasteiger partial charge in [0.15, 0.2) is 0 Å². The van der Waals surface area contributed by atoms with E-state index < -0.39 is 0 Å². The fourth-order valence-corrected chi connectivity index (χ4v) is 0.400. The number of hydrogen-bond acceptors (Lipinski definition) is 4. The zero-order valence-electron chi connectivity index (χ0n) is 7.99. The molecule has 0 atom stereocenters. The van der Waals surface area contributed by atoms with E-state index in [1.165, 1.54) is 6.92 Å². The van der Waals surface area contributed by atoms with E-state index in [2.05, 4.69) is 9.47 Å². The number of hydrogen-bond donors (Lipinski definition) is 0. The van der Waals surface area contributed by atoms with Gasteiger partial charge < -0.3 is 9.47 Å². The van der Waals surface area contributed by atoms with Gasteiger partial charge in [-0.15, -0.1) is 0 Å². The van der Waals surface area contributed by atoms with Gasteiger partial charge in [-0.2, -0.15) is 0 Å². The molecule has 72 valence electrons. The van der Waals surface area contributed by atoms with Gasteiger partial charge in [-0.1, -0.05) is 0 Å². The first-order valence-corrected chi connectivity index (χ1v) is 3.77. The van der Waals surface area contributed by atoms with E-state index in [0.717, 1.165) is 0 Å². The third kappa shape index (κ3) is 23.1. The lowest BCUT2D eigenvalue weighted by Gasteiger charge is -2.01. The van der Waals surface area contributed by atoms with Crippen molar-refractivity contribution in [1.29, 1.82) is 0 Å². The van der Waals surface area contributed by atoms with Crippen molar-refractivity contribution in [3.8, 4) is 0 Å². The summed E-state index contributed by atoms with van der Waals surface area (Å²) in [5.41, 5.74) is 0. The molecule has 4 nitrogen and oxygen atoms in total. The highest BCUT2D eigenvalue weighted by Crippen LogP contribution is 1.85. The maximum Gasteiger partial charge on any atom is 0.302 e. The van der Waals surface area contributed by atoms with Gasteiger partial charge in [-0.25, -0.2) is 0 Å². The van der Waals surface area contributed by atoms with Crippen molar-refractivity contribution in [2.24, 2.45) is 0 Å². The molecule has 0 radical (unpaired) electrons. The van der Waals surface area contributed by atoms with Gasteiger partial charge >= 0.3 is 5.97 Å². The van der Waals surface area contributed by atoms with Gasteiger partial charge in [0.25, 0.3) is 6.47 Å². The van der Waals surface area contributed by atoms with Crippen molar-refractivity contribution in [2.75, 3.05) is 6.61 Å². The fourth-order valence-electron chi connectivity index (χ4n) is 0.400. The Morgan fingerprint density at radius 1 is 1.50 bits per heavy atom. The van der Waals surface area contributed by atoms with E-state index in [-0.39, 0.29) is 12.1 Å². The predicted molar refractivity (Wildman–Crippen MR) is 44.6 cm³/mol. The normalized spacial score (nSPS) is 8.08. The van der Waals surface area contributed by atoms with E-state index in [0.29, 0.717) is 13.1 Å². The molecule has 0 fully saturated rings. The van der Waals surface area contributed by atoms with Gasteiger partial charge in [-0.05, 0) is 20.8 Å². The van der Waals surface area contributed by atoms with Crippen LogP contribution in [0.15, 0.2) is 0 Å². The average molecular weight is 176 g/mol. The second-order valence-electron chi connectivity index (χ2n) is 2.21. The van der Waals surface area contributed by atoms with E-state index in [1.807, 2.05) is 13.8 Å². The van der Waals surface area contributed by atoms with Crippen LogP contribution in [0, 0.1) is 0 Å². The number of carbonyl (C=O) groups is 2. The van der Waals surface area contributed by atoms with Crippen LogP contribution in [-0.2, 0) is 19.1 Å². The van der Waals surface area contributed by atoms with Crippen molar-refractivity contribution in [3.05, 3.63) is 0 Å². The highest BCUT2D eigenvalue weighted by Gasteiger charge is 1.93. The van der Waals surface area contributed by atoms with Gasteiger partial charge in [-0.3, -0.25) is 9.59 Å². The summed E-state index contributed by atoms with van der Waals surface area (Å²) in [6, 6.07) is 0. The molecule has 0 N–H and O–H groups in total. The average Bonchev–Trinajstić information content (AvgIpc) is 1.87. The third-order valence-electron chi connectivity index (χ3n) is 0.636. The zero-order chi connectivity index (χ0) is 9.98. The minimum absolute atomic E-state index is 0.0255. The smallest absolute Gasteiger partial charge is 0.302 e. The maximum absolute atomic E-state index is 10.0. The van der Waals surface area contributed by atoms with E-state index >= 15 is 0 Å². The Morgan fingerprint density at radius 3 is 2.00 bits per heavy atom. The Morgan fingerprint density at radius 2 is 2.00 bits per heavy atom. The highest BCUT2D eigenvalue weighted by molar-refractivity contribution is 5.66. The molecular weight excluding hydrogens is 160 g/mol. The summed E-state index contributed by atoms with van der Waals surface area (Å²) < 4.78 is 8.76. The van der Waals surface area contributed by atoms with Gasteiger partial charge in [0.1, 0.15) is 0 Å². The van der Waals surface area contributed by atoms with E-state index in [1.54, 1.807) is 6.92 Å². The Hall–Kier alpha value is -1.06. The summed E-state index contributed by atoms with van der Waals surface area (Å²) in [4.78, 5) is 19.2. The van der Waals surface area contributed by atoms with Crippen LogP contribution in [0.2, 0.25) is 0 Å². The first kappa shape index (κ1) is 13.5. The van der Waals surface area contributed by atoms with Crippen LogP contribution >= 0.6 is 0 Å². The van der Waals surface area contributed by atoms with Crippen LogP contribution in [0.3, 0.4) is 0 Å². The molecule has 0 saturated carbocycles. The number of carbonyl (C=O) groups excluding carboxylic acids is 2. The van der Waals surface area contributed by atoms with Crippen molar-refractivity contribution in [3.63, 3.8) is 0 Å². The highest BCUT2D eigenvalue weighted by atomic mass is 16.5. The third-order valence-corrected chi connectivity index (χ3v) is 0.636. The molecule has 4 heteroatoms. The maximum atomic E-state index is 10.0. The minimum Gasteiger partial charge on any atom is -0.468 e. The lowest BCUT2D eigenvalue weighted by molar-refractivity contribution is -0.144. The molecule has 0 rings (SSSR count). The van der Waals surface area contributed by atoms with Crippen molar-refractivity contribution < 1.29 is 19.1 Å². The molecule has 0 bridgehead atoms. The summed E-state index contributed by atoms with van der Waals surface area (Å²) in [6.07, 6.45) is 0.0255. The fraction of sp³-hybridized carbons (Fsp3) is 0.750. The number of rotatable bonds is 3. The Bertz CT molecular complexity index is 120. The van der Waals surface area contributed by atoms with Crippen LogP contribution in [0.5, 0.6) is 0 Å². The minimum atomic E-state index is -0.213. The zero-order valence-corrected chi connectivity index (χ0v) is 7.99. The predicted octanol–water partition coefficient (Wildman–Crippen LogP) is 1.14. The molecule has 0 unspecified atom stereocenters. The van der Waals surface area contributed by atoms with Gasteiger partial charge in [0, 0.05) is 6.92 Å². The molecule has 0 amide bonds. The largest absolute Gasteiger partial charge is 0.468 e. The quantitative estimate of drug-likeness (QED) is 0.478. The monoisotopic (exact) mass is 176 g/mol. The summed E-state index contributed by atoms with van der Waals surface area (Å²) >= 11 is 0. The Kier molecular flexibility index (Phi) is 11.2. The first-order valence-electron chi connectivity index (χ1n) is 3.77. The SMILES string of the molecule is CC(=O)OC(C)C.CCOC=O. The second-order valence-corrected chi connectivity index (χ2v) is 2.21. The molecule has 0 heterocycles. The summed E-state index contributed by atoms with van der Waals surface area (Å²) in [7, 11) is 0. The summed E-state index contributed by atoms with van der Waals surface area (Å²) in [5.74, 6) is -0.213. The summed E-state index contributed by atoms with van der Waals surface area (Å²) in [5, 5.41) is 0. The van der Waals surface area contributed by atoms with Crippen molar-refractivity contribution in [1.82, 2.24) is 0 Å². The number of esters is 1.